The number of halogens is 1. The highest BCUT2D eigenvalue weighted by atomic mass is 79.9. The number of carbonyl (C=O) groups is 1. The van der Waals surface area contributed by atoms with E-state index in [1.807, 2.05) is 43.4 Å². The molecule has 0 fully saturated rings. The molecule has 0 saturated carbocycles. The third-order valence-electron chi connectivity index (χ3n) is 3.68. The van der Waals surface area contributed by atoms with Gasteiger partial charge in [-0.25, -0.2) is 4.79 Å². The van der Waals surface area contributed by atoms with Crippen molar-refractivity contribution >= 4 is 33.3 Å². The predicted octanol–water partition coefficient (Wildman–Crippen LogP) is 3.60. The summed E-state index contributed by atoms with van der Waals surface area (Å²) in [5.41, 5.74) is 9.71. The molecule has 0 saturated heterocycles. The molecule has 0 aliphatic carbocycles. The minimum absolute atomic E-state index is 0.00280. The smallest absolute Gasteiger partial charge is 0.324 e. The first-order valence-corrected chi connectivity index (χ1v) is 7.50. The van der Waals surface area contributed by atoms with E-state index < -0.39 is 0 Å². The molecule has 0 bridgehead atoms. The minimum Gasteiger partial charge on any atom is -0.398 e. The third-order valence-corrected chi connectivity index (χ3v) is 4.65. The number of anilines is 2. The molecule has 0 atom stereocenters. The second kappa shape index (κ2) is 5.41. The van der Waals surface area contributed by atoms with Crippen LogP contribution in [0.4, 0.5) is 16.2 Å². The molecule has 2 amide bonds. The van der Waals surface area contributed by atoms with Crippen molar-refractivity contribution < 1.29 is 4.79 Å². The van der Waals surface area contributed by atoms with Gasteiger partial charge < -0.3 is 10.6 Å². The van der Waals surface area contributed by atoms with E-state index in [9.17, 15) is 4.79 Å². The molecule has 0 aromatic heterocycles. The van der Waals surface area contributed by atoms with Crippen molar-refractivity contribution in [3.8, 4) is 0 Å². The summed E-state index contributed by atoms with van der Waals surface area (Å²) in [5, 5.41) is 0. The zero-order chi connectivity index (χ0) is 15.0. The molecule has 108 valence electrons. The zero-order valence-electron chi connectivity index (χ0n) is 11.7. The molecule has 1 aliphatic heterocycles. The molecule has 5 heteroatoms. The molecule has 1 heterocycles. The standard InChI is InChI=1S/C16H16BrN3O/c1-19-9-11-5-2-3-8-14(11)20(16(19)21)10-12-6-4-7-13(18)15(12)17/h2-8H,9-10,18H2,1H3. The lowest BCUT2D eigenvalue weighted by molar-refractivity contribution is 0.210. The number of nitrogens with zero attached hydrogens (tertiary/aromatic N) is 2. The summed E-state index contributed by atoms with van der Waals surface area (Å²) in [6.07, 6.45) is 0. The van der Waals surface area contributed by atoms with E-state index in [0.29, 0.717) is 18.8 Å². The molecule has 0 radical (unpaired) electrons. The zero-order valence-corrected chi connectivity index (χ0v) is 13.3. The maximum absolute atomic E-state index is 12.5. The van der Waals surface area contributed by atoms with E-state index in [1.165, 1.54) is 0 Å². The maximum atomic E-state index is 12.5. The molecule has 2 aromatic carbocycles. The lowest BCUT2D eigenvalue weighted by atomic mass is 10.1. The van der Waals surface area contributed by atoms with E-state index in [1.54, 1.807) is 9.80 Å². The van der Waals surface area contributed by atoms with Gasteiger partial charge in [-0.1, -0.05) is 30.3 Å². The number of hydrogen-bond donors (Lipinski definition) is 1. The Morgan fingerprint density at radius 2 is 1.95 bits per heavy atom. The van der Waals surface area contributed by atoms with E-state index >= 15 is 0 Å². The average molecular weight is 346 g/mol. The number of amides is 2. The Labute approximate surface area is 132 Å². The fourth-order valence-corrected chi connectivity index (χ4v) is 2.97. The molecule has 0 spiro atoms. The Kier molecular flexibility index (Phi) is 3.59. The Morgan fingerprint density at radius 3 is 2.76 bits per heavy atom. The highest BCUT2D eigenvalue weighted by Crippen LogP contribution is 2.31. The van der Waals surface area contributed by atoms with Crippen LogP contribution in [0.3, 0.4) is 0 Å². The van der Waals surface area contributed by atoms with Crippen molar-refractivity contribution in [3.05, 3.63) is 58.1 Å². The number of para-hydroxylation sites is 1. The largest absolute Gasteiger partial charge is 0.398 e. The van der Waals surface area contributed by atoms with Crippen LogP contribution in [0, 0.1) is 0 Å². The molecule has 2 N–H and O–H groups in total. The predicted molar refractivity (Wildman–Crippen MR) is 88.0 cm³/mol. The van der Waals surface area contributed by atoms with Crippen LogP contribution < -0.4 is 10.6 Å². The van der Waals surface area contributed by atoms with Crippen LogP contribution in [0.2, 0.25) is 0 Å². The van der Waals surface area contributed by atoms with E-state index in [4.69, 9.17) is 5.73 Å². The number of rotatable bonds is 2. The lowest BCUT2D eigenvalue weighted by Gasteiger charge is -2.35. The van der Waals surface area contributed by atoms with E-state index in [0.717, 1.165) is 21.3 Å². The van der Waals surface area contributed by atoms with Gasteiger partial charge in [0.1, 0.15) is 0 Å². The van der Waals surface area contributed by atoms with Gasteiger partial charge in [0.2, 0.25) is 0 Å². The molecular formula is C16H16BrN3O. The number of carbonyl (C=O) groups excluding carboxylic acids is 1. The van der Waals surface area contributed by atoms with Gasteiger partial charge in [0, 0.05) is 23.8 Å². The van der Waals surface area contributed by atoms with Crippen LogP contribution >= 0.6 is 15.9 Å². The molecule has 1 aliphatic rings. The summed E-state index contributed by atoms with van der Waals surface area (Å²) in [7, 11) is 1.82. The van der Waals surface area contributed by atoms with Crippen LogP contribution in [0.15, 0.2) is 46.9 Å². The van der Waals surface area contributed by atoms with Crippen molar-refractivity contribution in [2.75, 3.05) is 17.7 Å². The molecule has 2 aromatic rings. The van der Waals surface area contributed by atoms with Gasteiger partial charge in [0.15, 0.2) is 0 Å². The third kappa shape index (κ3) is 2.49. The molecule has 0 unspecified atom stereocenters. The van der Waals surface area contributed by atoms with Crippen molar-refractivity contribution in [1.29, 1.82) is 0 Å². The van der Waals surface area contributed by atoms with Crippen molar-refractivity contribution in [3.63, 3.8) is 0 Å². The van der Waals surface area contributed by atoms with Crippen LogP contribution in [-0.2, 0) is 13.1 Å². The highest BCUT2D eigenvalue weighted by molar-refractivity contribution is 9.10. The van der Waals surface area contributed by atoms with Crippen LogP contribution in [-0.4, -0.2) is 18.0 Å². The topological polar surface area (TPSA) is 49.6 Å². The highest BCUT2D eigenvalue weighted by Gasteiger charge is 2.28. The van der Waals surface area contributed by atoms with E-state index in [2.05, 4.69) is 22.0 Å². The Bertz CT molecular complexity index is 702. The normalized spacial score (nSPS) is 14.3. The molecule has 4 nitrogen and oxygen atoms in total. The van der Waals surface area contributed by atoms with E-state index in [-0.39, 0.29) is 6.03 Å². The maximum Gasteiger partial charge on any atom is 0.324 e. The van der Waals surface area contributed by atoms with Crippen LogP contribution in [0.1, 0.15) is 11.1 Å². The fraction of sp³-hybridized carbons (Fsp3) is 0.188. The monoisotopic (exact) mass is 345 g/mol. The van der Waals surface area contributed by atoms with Gasteiger partial charge in [0.25, 0.3) is 0 Å². The first-order valence-electron chi connectivity index (χ1n) is 6.71. The number of nitrogens with two attached hydrogens (primary N) is 1. The average Bonchev–Trinajstić information content (AvgIpc) is 2.48. The van der Waals surface area contributed by atoms with Gasteiger partial charge in [-0.2, -0.15) is 0 Å². The van der Waals surface area contributed by atoms with Gasteiger partial charge in [0.05, 0.1) is 12.2 Å². The lowest BCUT2D eigenvalue weighted by Crippen LogP contribution is -2.44. The number of hydrogen-bond acceptors (Lipinski definition) is 2. The number of urea groups is 1. The summed E-state index contributed by atoms with van der Waals surface area (Å²) < 4.78 is 0.850. The second-order valence-corrected chi connectivity index (χ2v) is 5.97. The SMILES string of the molecule is CN1Cc2ccccc2N(Cc2cccc(N)c2Br)C1=O. The number of fused-ring (bicyclic) bond motifs is 1. The molecule has 3 rings (SSSR count). The summed E-state index contributed by atoms with van der Waals surface area (Å²) in [6, 6.07) is 13.7. The number of benzene rings is 2. The second-order valence-electron chi connectivity index (χ2n) is 5.17. The summed E-state index contributed by atoms with van der Waals surface area (Å²) in [5.74, 6) is 0. The Balaban J connectivity index is 2.01. The summed E-state index contributed by atoms with van der Waals surface area (Å²) in [6.45, 7) is 1.13. The first kappa shape index (κ1) is 13.9. The quantitative estimate of drug-likeness (QED) is 0.845. The van der Waals surface area contributed by atoms with Crippen molar-refractivity contribution in [2.24, 2.45) is 0 Å². The van der Waals surface area contributed by atoms with Crippen LogP contribution in [0.25, 0.3) is 0 Å². The van der Waals surface area contributed by atoms with Gasteiger partial charge in [-0.3, -0.25) is 4.90 Å². The van der Waals surface area contributed by atoms with Crippen LogP contribution in [0.5, 0.6) is 0 Å². The minimum atomic E-state index is 0.00280. The van der Waals surface area contributed by atoms with Gasteiger partial charge in [-0.15, -0.1) is 0 Å². The Morgan fingerprint density at radius 1 is 1.19 bits per heavy atom. The van der Waals surface area contributed by atoms with Crippen molar-refractivity contribution in [2.45, 2.75) is 13.1 Å². The summed E-state index contributed by atoms with van der Waals surface area (Å²) in [4.78, 5) is 16.0. The van der Waals surface area contributed by atoms with Crippen molar-refractivity contribution in [1.82, 2.24) is 4.90 Å². The van der Waals surface area contributed by atoms with Gasteiger partial charge >= 0.3 is 6.03 Å². The molecular weight excluding hydrogens is 330 g/mol. The first-order chi connectivity index (χ1) is 10.1. The fourth-order valence-electron chi connectivity index (χ4n) is 2.59. The Hall–Kier alpha value is -2.01. The number of nitrogen functional groups attached to an aromatic ring is 1. The summed E-state index contributed by atoms with van der Waals surface area (Å²) >= 11 is 3.51. The molecule has 21 heavy (non-hydrogen) atoms. The van der Waals surface area contributed by atoms with Gasteiger partial charge in [-0.05, 0) is 39.2 Å².